The van der Waals surface area contributed by atoms with E-state index in [0.717, 1.165) is 32.0 Å². The van der Waals surface area contributed by atoms with Crippen molar-refractivity contribution in [1.82, 2.24) is 10.2 Å². The van der Waals surface area contributed by atoms with E-state index >= 15 is 0 Å². The van der Waals surface area contributed by atoms with Crippen LogP contribution in [-0.2, 0) is 16.0 Å². The summed E-state index contributed by atoms with van der Waals surface area (Å²) in [4.78, 5) is 15.1. The number of fused-ring (bicyclic) bond motifs is 1. The van der Waals surface area contributed by atoms with Gasteiger partial charge in [0.25, 0.3) is 0 Å². The fourth-order valence-corrected chi connectivity index (χ4v) is 6.46. The first kappa shape index (κ1) is 18.6. The highest BCUT2D eigenvalue weighted by atomic mass is 16.5. The molecule has 3 heterocycles. The van der Waals surface area contributed by atoms with Crippen molar-refractivity contribution in [2.45, 2.75) is 75.5 Å². The summed E-state index contributed by atoms with van der Waals surface area (Å²) < 4.78 is 6.56. The van der Waals surface area contributed by atoms with Gasteiger partial charge in [-0.2, -0.15) is 0 Å². The molecule has 1 N–H and O–H groups in total. The third kappa shape index (κ3) is 3.50. The number of carbonyl (C=O) groups excluding carboxylic acids is 1. The predicted molar refractivity (Wildman–Crippen MR) is 110 cm³/mol. The van der Waals surface area contributed by atoms with Crippen molar-refractivity contribution in [3.63, 3.8) is 0 Å². The summed E-state index contributed by atoms with van der Waals surface area (Å²) in [7, 11) is 0. The number of rotatable bonds is 7. The highest BCUT2D eigenvalue weighted by molar-refractivity contribution is 5.75. The largest absolute Gasteiger partial charge is 0.370 e. The van der Waals surface area contributed by atoms with Crippen LogP contribution in [0.3, 0.4) is 0 Å². The lowest BCUT2D eigenvalue weighted by Crippen LogP contribution is -2.41. The molecule has 4 atom stereocenters. The normalized spacial score (nSPS) is 34.8. The van der Waals surface area contributed by atoms with Crippen LogP contribution in [0.5, 0.6) is 0 Å². The molecular weight excluding hydrogens is 348 g/mol. The molecule has 1 saturated carbocycles. The Morgan fingerprint density at radius 3 is 2.82 bits per heavy atom. The third-order valence-corrected chi connectivity index (χ3v) is 7.90. The summed E-state index contributed by atoms with van der Waals surface area (Å²) in [5.41, 5.74) is 1.42. The molecule has 4 aliphatic rings. The number of nitrogens with zero attached hydrogens (tertiary/aromatic N) is 1. The first-order valence-electron chi connectivity index (χ1n) is 11.5. The SMILES string of the molecule is O=C(CCCc1ccccc1)NC[C@H]1[C@H]2CN(C3CCCC3)C[C@]23CC[C@H]1O3. The van der Waals surface area contributed by atoms with E-state index < -0.39 is 0 Å². The van der Waals surface area contributed by atoms with Crippen LogP contribution in [-0.4, -0.2) is 48.2 Å². The number of aryl methyl sites for hydroxylation is 1. The minimum absolute atomic E-state index is 0.107. The van der Waals surface area contributed by atoms with Gasteiger partial charge < -0.3 is 10.1 Å². The molecule has 152 valence electrons. The predicted octanol–water partition coefficient (Wildman–Crippen LogP) is 3.55. The molecule has 3 saturated heterocycles. The maximum absolute atomic E-state index is 12.4. The summed E-state index contributed by atoms with van der Waals surface area (Å²) >= 11 is 0. The number of benzene rings is 1. The maximum atomic E-state index is 12.4. The summed E-state index contributed by atoms with van der Waals surface area (Å²) in [6, 6.07) is 11.2. The average Bonchev–Trinajstić information content (AvgIpc) is 3.47. The second-order valence-corrected chi connectivity index (χ2v) is 9.54. The Morgan fingerprint density at radius 1 is 1.18 bits per heavy atom. The average molecular weight is 383 g/mol. The molecule has 1 spiro atoms. The third-order valence-electron chi connectivity index (χ3n) is 7.90. The molecule has 5 rings (SSSR count). The molecule has 4 heteroatoms. The number of carbonyl (C=O) groups is 1. The standard InChI is InChI=1S/C24H34N2O2/c27-23(12-6-9-18-7-2-1-3-8-18)25-15-20-21-16-26(19-10-4-5-11-19)17-24(21)14-13-22(20)28-24/h1-3,7-8,19-22H,4-6,9-17H2,(H,25,27)/t20-,21+,22+,24+/m0/s1. The van der Waals surface area contributed by atoms with Gasteiger partial charge in [-0.15, -0.1) is 0 Å². The molecule has 2 bridgehead atoms. The number of hydrogen-bond donors (Lipinski definition) is 1. The Labute approximate surface area is 169 Å². The lowest BCUT2D eigenvalue weighted by atomic mass is 9.73. The zero-order valence-corrected chi connectivity index (χ0v) is 16.9. The molecule has 0 unspecified atom stereocenters. The van der Waals surface area contributed by atoms with Crippen LogP contribution in [0.1, 0.15) is 56.9 Å². The lowest BCUT2D eigenvalue weighted by Gasteiger charge is -2.29. The van der Waals surface area contributed by atoms with Gasteiger partial charge in [-0.25, -0.2) is 0 Å². The van der Waals surface area contributed by atoms with Crippen LogP contribution >= 0.6 is 0 Å². The molecular formula is C24H34N2O2. The van der Waals surface area contributed by atoms with Gasteiger partial charge in [-0.1, -0.05) is 43.2 Å². The highest BCUT2D eigenvalue weighted by Crippen LogP contribution is 2.55. The van der Waals surface area contributed by atoms with Crippen molar-refractivity contribution in [3.05, 3.63) is 35.9 Å². The van der Waals surface area contributed by atoms with Gasteiger partial charge in [0, 0.05) is 43.9 Å². The van der Waals surface area contributed by atoms with E-state index in [1.165, 1.54) is 50.6 Å². The van der Waals surface area contributed by atoms with Crippen LogP contribution in [0.2, 0.25) is 0 Å². The minimum Gasteiger partial charge on any atom is -0.370 e. The molecule has 1 aromatic rings. The minimum atomic E-state index is 0.107. The Bertz CT molecular complexity index is 687. The quantitative estimate of drug-likeness (QED) is 0.784. The smallest absolute Gasteiger partial charge is 0.220 e. The first-order chi connectivity index (χ1) is 13.7. The van der Waals surface area contributed by atoms with Gasteiger partial charge in [0.1, 0.15) is 0 Å². The molecule has 0 radical (unpaired) electrons. The van der Waals surface area contributed by atoms with E-state index in [2.05, 4.69) is 34.5 Å². The first-order valence-corrected chi connectivity index (χ1v) is 11.5. The van der Waals surface area contributed by atoms with Crippen molar-refractivity contribution in [1.29, 1.82) is 0 Å². The van der Waals surface area contributed by atoms with E-state index in [0.29, 0.717) is 24.4 Å². The van der Waals surface area contributed by atoms with Crippen molar-refractivity contribution < 1.29 is 9.53 Å². The van der Waals surface area contributed by atoms with Gasteiger partial charge in [0.15, 0.2) is 0 Å². The molecule has 1 aliphatic carbocycles. The van der Waals surface area contributed by atoms with Crippen LogP contribution in [0.25, 0.3) is 0 Å². The van der Waals surface area contributed by atoms with Crippen LogP contribution in [0.4, 0.5) is 0 Å². The van der Waals surface area contributed by atoms with Crippen molar-refractivity contribution in [2.24, 2.45) is 11.8 Å². The number of hydrogen-bond acceptors (Lipinski definition) is 3. The Hall–Kier alpha value is -1.39. The van der Waals surface area contributed by atoms with Crippen molar-refractivity contribution >= 4 is 5.91 Å². The van der Waals surface area contributed by atoms with Crippen molar-refractivity contribution in [2.75, 3.05) is 19.6 Å². The molecule has 4 nitrogen and oxygen atoms in total. The second-order valence-electron chi connectivity index (χ2n) is 9.54. The molecule has 3 aliphatic heterocycles. The fraction of sp³-hybridized carbons (Fsp3) is 0.708. The van der Waals surface area contributed by atoms with Gasteiger partial charge >= 0.3 is 0 Å². The molecule has 1 aromatic carbocycles. The van der Waals surface area contributed by atoms with Gasteiger partial charge in [0.2, 0.25) is 5.91 Å². The van der Waals surface area contributed by atoms with E-state index in [1.807, 2.05) is 6.07 Å². The Balaban J connectivity index is 1.11. The zero-order chi connectivity index (χ0) is 19.0. The zero-order valence-electron chi connectivity index (χ0n) is 16.9. The molecule has 0 aromatic heterocycles. The van der Waals surface area contributed by atoms with E-state index in [1.54, 1.807) is 0 Å². The fourth-order valence-electron chi connectivity index (χ4n) is 6.46. The van der Waals surface area contributed by atoms with E-state index in [4.69, 9.17) is 4.74 Å². The summed E-state index contributed by atoms with van der Waals surface area (Å²) in [6.07, 6.45) is 10.8. The monoisotopic (exact) mass is 382 g/mol. The number of ether oxygens (including phenoxy) is 1. The Kier molecular flexibility index (Phi) is 5.18. The van der Waals surface area contributed by atoms with E-state index in [-0.39, 0.29) is 11.5 Å². The van der Waals surface area contributed by atoms with Crippen LogP contribution < -0.4 is 5.32 Å². The van der Waals surface area contributed by atoms with Gasteiger partial charge in [-0.3, -0.25) is 9.69 Å². The number of likely N-dealkylation sites (tertiary alicyclic amines) is 1. The number of amides is 1. The van der Waals surface area contributed by atoms with Gasteiger partial charge in [-0.05, 0) is 44.1 Å². The van der Waals surface area contributed by atoms with E-state index in [9.17, 15) is 4.79 Å². The molecule has 4 fully saturated rings. The summed E-state index contributed by atoms with van der Waals surface area (Å²) in [6.45, 7) is 3.13. The molecule has 28 heavy (non-hydrogen) atoms. The topological polar surface area (TPSA) is 41.6 Å². The molecule has 1 amide bonds. The Morgan fingerprint density at radius 2 is 2.00 bits per heavy atom. The summed E-state index contributed by atoms with van der Waals surface area (Å²) in [5.74, 6) is 1.34. The summed E-state index contributed by atoms with van der Waals surface area (Å²) in [5, 5.41) is 3.25. The second kappa shape index (κ2) is 7.79. The lowest BCUT2D eigenvalue weighted by molar-refractivity contribution is -0.121. The highest BCUT2D eigenvalue weighted by Gasteiger charge is 2.63. The van der Waals surface area contributed by atoms with Gasteiger partial charge in [0.05, 0.1) is 11.7 Å². The number of nitrogens with one attached hydrogen (secondary N) is 1. The van der Waals surface area contributed by atoms with Crippen LogP contribution in [0.15, 0.2) is 30.3 Å². The van der Waals surface area contributed by atoms with Crippen LogP contribution in [0, 0.1) is 11.8 Å². The maximum Gasteiger partial charge on any atom is 0.220 e. The van der Waals surface area contributed by atoms with Crippen molar-refractivity contribution in [3.8, 4) is 0 Å².